The molecule has 0 bridgehead atoms. The number of halogens is 3. The van der Waals surface area contributed by atoms with E-state index in [1.165, 1.54) is 0 Å². The van der Waals surface area contributed by atoms with Crippen LogP contribution in [0.1, 0.15) is 15.9 Å². The maximum Gasteiger partial charge on any atom is 0.490 e. The third-order valence-corrected chi connectivity index (χ3v) is 5.15. The molecule has 2 aromatic carbocycles. The Morgan fingerprint density at radius 3 is 2.14 bits per heavy atom. The number of benzene rings is 2. The van der Waals surface area contributed by atoms with Crippen molar-refractivity contribution in [1.82, 2.24) is 15.1 Å². The number of rotatable bonds is 6. The summed E-state index contributed by atoms with van der Waals surface area (Å²) in [6.07, 6.45) is -5.08. The molecule has 2 N–H and O–H groups in total. The van der Waals surface area contributed by atoms with Crippen LogP contribution in [0.3, 0.4) is 0 Å². The van der Waals surface area contributed by atoms with E-state index >= 15 is 0 Å². The predicted molar refractivity (Wildman–Crippen MR) is 125 cm³/mol. The zero-order valence-electron chi connectivity index (χ0n) is 19.6. The number of nitrogens with one attached hydrogen (secondary N) is 1. The third-order valence-electron chi connectivity index (χ3n) is 5.15. The number of carbonyl (C=O) groups is 3. The summed E-state index contributed by atoms with van der Waals surface area (Å²) in [6.45, 7) is 3.45. The van der Waals surface area contributed by atoms with Crippen molar-refractivity contribution in [3.63, 3.8) is 0 Å². The number of amides is 2. The van der Waals surface area contributed by atoms with Crippen LogP contribution in [0.5, 0.6) is 0 Å². The Labute approximate surface area is 201 Å². The van der Waals surface area contributed by atoms with Gasteiger partial charge >= 0.3 is 12.1 Å². The van der Waals surface area contributed by atoms with Gasteiger partial charge in [0.2, 0.25) is 5.91 Å². The molecule has 0 radical (unpaired) electrons. The van der Waals surface area contributed by atoms with E-state index in [0.29, 0.717) is 25.2 Å². The van der Waals surface area contributed by atoms with Gasteiger partial charge in [-0.25, -0.2) is 4.79 Å². The van der Waals surface area contributed by atoms with Crippen molar-refractivity contribution in [1.29, 1.82) is 0 Å². The second kappa shape index (κ2) is 12.7. The van der Waals surface area contributed by atoms with E-state index in [1.54, 1.807) is 4.90 Å². The van der Waals surface area contributed by atoms with Crippen molar-refractivity contribution in [2.45, 2.75) is 12.7 Å². The molecule has 0 aromatic heterocycles. The monoisotopic (exact) mass is 494 g/mol. The van der Waals surface area contributed by atoms with Gasteiger partial charge in [0.25, 0.3) is 5.91 Å². The van der Waals surface area contributed by atoms with Crippen LogP contribution >= 0.6 is 0 Å². The molecule has 35 heavy (non-hydrogen) atoms. The van der Waals surface area contributed by atoms with Gasteiger partial charge in [-0.2, -0.15) is 13.2 Å². The van der Waals surface area contributed by atoms with Crippen molar-refractivity contribution in [3.05, 3.63) is 65.7 Å². The van der Waals surface area contributed by atoms with Crippen molar-refractivity contribution in [2.75, 3.05) is 51.7 Å². The number of hydrogen-bond acceptors (Lipinski definition) is 5. The molecule has 0 atom stereocenters. The van der Waals surface area contributed by atoms with Crippen molar-refractivity contribution >= 4 is 23.5 Å². The Kier molecular flexibility index (Phi) is 10.1. The average molecular weight is 495 g/mol. The minimum Gasteiger partial charge on any atom is -0.475 e. The van der Waals surface area contributed by atoms with Crippen LogP contribution in [0.15, 0.2) is 54.6 Å². The molecular formula is C24H29F3N4O4. The first-order valence-electron chi connectivity index (χ1n) is 10.9. The smallest absolute Gasteiger partial charge is 0.475 e. The highest BCUT2D eigenvalue weighted by atomic mass is 19.4. The predicted octanol–water partition coefficient (Wildman–Crippen LogP) is 2.46. The summed E-state index contributed by atoms with van der Waals surface area (Å²) < 4.78 is 31.7. The lowest BCUT2D eigenvalue weighted by Gasteiger charge is -2.30. The first-order chi connectivity index (χ1) is 16.5. The van der Waals surface area contributed by atoms with Gasteiger partial charge in [0.05, 0.1) is 0 Å². The highest BCUT2D eigenvalue weighted by Crippen LogP contribution is 2.17. The first kappa shape index (κ1) is 27.6. The van der Waals surface area contributed by atoms with Crippen molar-refractivity contribution in [3.8, 4) is 0 Å². The lowest BCUT2D eigenvalue weighted by molar-refractivity contribution is -0.192. The van der Waals surface area contributed by atoms with E-state index in [0.717, 1.165) is 24.3 Å². The molecule has 2 aromatic rings. The summed E-state index contributed by atoms with van der Waals surface area (Å²) in [5.74, 6) is -2.89. The Balaban J connectivity index is 0.000000540. The molecule has 1 fully saturated rings. The number of alkyl halides is 3. The minimum absolute atomic E-state index is 0.00505. The Morgan fingerprint density at radius 1 is 1.00 bits per heavy atom. The second-order valence-corrected chi connectivity index (χ2v) is 8.03. The van der Waals surface area contributed by atoms with Crippen LogP contribution < -0.4 is 10.2 Å². The summed E-state index contributed by atoms with van der Waals surface area (Å²) in [4.78, 5) is 40.4. The second-order valence-electron chi connectivity index (χ2n) is 8.03. The zero-order valence-corrected chi connectivity index (χ0v) is 19.6. The van der Waals surface area contributed by atoms with Gasteiger partial charge in [0.15, 0.2) is 0 Å². The maximum absolute atomic E-state index is 13.3. The number of hydrogen-bond donors (Lipinski definition) is 2. The molecule has 1 aliphatic rings. The van der Waals surface area contributed by atoms with Gasteiger partial charge in [-0.15, -0.1) is 0 Å². The van der Waals surface area contributed by atoms with Crippen molar-refractivity contribution < 1.29 is 32.7 Å². The highest BCUT2D eigenvalue weighted by molar-refractivity contribution is 5.97. The minimum atomic E-state index is -5.08. The third kappa shape index (κ3) is 8.93. The number of aliphatic carboxylic acids is 1. The van der Waals surface area contributed by atoms with Gasteiger partial charge in [-0.3, -0.25) is 9.59 Å². The lowest BCUT2D eigenvalue weighted by atomic mass is 10.1. The number of carboxylic acid groups (broad SMARTS) is 1. The van der Waals surface area contributed by atoms with Crippen LogP contribution in [0.2, 0.25) is 0 Å². The number of piperazine rings is 1. The molecule has 2 amide bonds. The molecule has 0 saturated carbocycles. The number of carboxylic acids is 1. The fourth-order valence-corrected chi connectivity index (χ4v) is 3.28. The molecule has 11 heteroatoms. The Hall–Kier alpha value is -3.60. The highest BCUT2D eigenvalue weighted by Gasteiger charge is 2.38. The van der Waals surface area contributed by atoms with Crippen LogP contribution in [0.4, 0.5) is 18.9 Å². The molecular weight excluding hydrogens is 465 g/mol. The summed E-state index contributed by atoms with van der Waals surface area (Å²) in [7, 11) is 3.89. The van der Waals surface area contributed by atoms with E-state index in [9.17, 15) is 22.8 Å². The number of anilines is 1. The van der Waals surface area contributed by atoms with Crippen molar-refractivity contribution in [2.24, 2.45) is 0 Å². The fraction of sp³-hybridized carbons (Fsp3) is 0.375. The van der Waals surface area contributed by atoms with E-state index < -0.39 is 12.1 Å². The molecule has 1 aliphatic heterocycles. The van der Waals surface area contributed by atoms with Gasteiger partial charge in [-0.05, 0) is 23.8 Å². The largest absolute Gasteiger partial charge is 0.490 e. The van der Waals surface area contributed by atoms with Gasteiger partial charge < -0.3 is 25.1 Å². The van der Waals surface area contributed by atoms with E-state index in [-0.39, 0.29) is 18.4 Å². The molecule has 0 aliphatic carbocycles. The number of carbonyl (C=O) groups excluding carboxylic acids is 2. The maximum atomic E-state index is 13.3. The molecule has 190 valence electrons. The Morgan fingerprint density at radius 2 is 1.60 bits per heavy atom. The van der Waals surface area contributed by atoms with Gasteiger partial charge in [0, 0.05) is 58.1 Å². The molecule has 0 unspecified atom stereocenters. The van der Waals surface area contributed by atoms with Crippen LogP contribution in [-0.2, 0) is 16.1 Å². The molecule has 3 rings (SSSR count). The molecule has 1 heterocycles. The van der Waals surface area contributed by atoms with E-state index in [4.69, 9.17) is 9.90 Å². The van der Waals surface area contributed by atoms with Crippen LogP contribution in [0.25, 0.3) is 0 Å². The topological polar surface area (TPSA) is 93.2 Å². The number of nitrogens with zero attached hydrogens (tertiary/aromatic N) is 3. The van der Waals surface area contributed by atoms with Crippen LogP contribution in [0, 0.1) is 0 Å². The van der Waals surface area contributed by atoms with Crippen LogP contribution in [-0.4, -0.2) is 85.7 Å². The normalized spacial score (nSPS) is 13.3. The van der Waals surface area contributed by atoms with Gasteiger partial charge in [-0.1, -0.05) is 36.4 Å². The summed E-state index contributed by atoms with van der Waals surface area (Å²) in [5.41, 5.74) is 2.56. The summed E-state index contributed by atoms with van der Waals surface area (Å²) in [6, 6.07) is 17.3. The van der Waals surface area contributed by atoms with Gasteiger partial charge in [0.1, 0.15) is 6.54 Å². The Bertz CT molecular complexity index is 994. The molecule has 8 nitrogen and oxygen atoms in total. The quantitative estimate of drug-likeness (QED) is 0.641. The fourth-order valence-electron chi connectivity index (χ4n) is 3.28. The summed E-state index contributed by atoms with van der Waals surface area (Å²) in [5, 5.41) is 10.4. The standard InChI is InChI=1S/C22H28N4O2.C2HF3O2/c1-24(2)20-10-6-9-19(15-20)22(28)26(16-18-7-4-3-5-8-18)17-21(27)25-13-11-23-12-14-25;3-2(4,5)1(6)7/h3-10,15,23H,11-14,16-17H2,1-2H3;(H,6,7). The summed E-state index contributed by atoms with van der Waals surface area (Å²) >= 11 is 0. The molecule has 0 spiro atoms. The zero-order chi connectivity index (χ0) is 26.0. The SMILES string of the molecule is CN(C)c1cccc(C(=O)N(CC(=O)N2CCNCC2)Cc2ccccc2)c1.O=C(O)C(F)(F)F. The first-order valence-corrected chi connectivity index (χ1v) is 10.9. The molecule has 1 saturated heterocycles. The lowest BCUT2D eigenvalue weighted by Crippen LogP contribution is -2.50. The average Bonchev–Trinajstić information content (AvgIpc) is 2.84. The van der Waals surface area contributed by atoms with E-state index in [2.05, 4.69) is 5.32 Å². The van der Waals surface area contributed by atoms with E-state index in [1.807, 2.05) is 78.5 Å².